The average molecular weight is 467 g/mol. The Morgan fingerprint density at radius 2 is 1.19 bits per heavy atom. The van der Waals surface area contributed by atoms with Crippen molar-refractivity contribution < 1.29 is 7.87 Å². The molecule has 0 aliphatic heterocycles. The molecule has 1 aromatic rings. The molecule has 0 aliphatic carbocycles. The van der Waals surface area contributed by atoms with Crippen molar-refractivity contribution in [3.8, 4) is 0 Å². The molecule has 0 radical (unpaired) electrons. The Morgan fingerprint density at radius 1 is 0.731 bits per heavy atom. The van der Waals surface area contributed by atoms with E-state index in [-0.39, 0.29) is 5.97 Å². The first-order chi connectivity index (χ1) is 12.8. The topological polar surface area (TPSA) is 26.3 Å². The molecule has 148 valence electrons. The molecule has 0 atom stereocenters. The molecule has 0 saturated carbocycles. The summed E-state index contributed by atoms with van der Waals surface area (Å²) >= 11 is -2.20. The van der Waals surface area contributed by atoms with Crippen LogP contribution >= 0.6 is 0 Å². The first-order valence-electron chi connectivity index (χ1n) is 11.0. The summed E-state index contributed by atoms with van der Waals surface area (Å²) in [4.78, 5) is 12.4. The van der Waals surface area contributed by atoms with Crippen molar-refractivity contribution in [3.05, 3.63) is 35.9 Å². The summed E-state index contributed by atoms with van der Waals surface area (Å²) < 4.78 is 8.51. The Bertz CT molecular complexity index is 431. The SMILES string of the molecule is CCCCCCC[CH2][SnH]([CH2]CCCCCCC)[O]C(=O)c1ccccc1. The van der Waals surface area contributed by atoms with Crippen LogP contribution in [0.4, 0.5) is 0 Å². The van der Waals surface area contributed by atoms with Crippen molar-refractivity contribution in [1.82, 2.24) is 0 Å². The minimum absolute atomic E-state index is 0.0663. The second kappa shape index (κ2) is 16.6. The third-order valence-electron chi connectivity index (χ3n) is 5.04. The van der Waals surface area contributed by atoms with Crippen LogP contribution in [0.2, 0.25) is 8.87 Å². The zero-order valence-electron chi connectivity index (χ0n) is 17.2. The summed E-state index contributed by atoms with van der Waals surface area (Å²) in [5.41, 5.74) is 0.722. The quantitative estimate of drug-likeness (QED) is 0.189. The maximum atomic E-state index is 12.4. The number of benzene rings is 1. The monoisotopic (exact) mass is 468 g/mol. The Morgan fingerprint density at radius 3 is 1.69 bits per heavy atom. The first-order valence-corrected chi connectivity index (χ1v) is 17.0. The van der Waals surface area contributed by atoms with Gasteiger partial charge in [0.2, 0.25) is 0 Å². The zero-order valence-corrected chi connectivity index (χ0v) is 20.5. The van der Waals surface area contributed by atoms with Crippen LogP contribution in [0.1, 0.15) is 101 Å². The van der Waals surface area contributed by atoms with E-state index in [1.807, 2.05) is 30.3 Å². The number of carbonyl (C=O) groups is 1. The minimum atomic E-state index is -2.20. The van der Waals surface area contributed by atoms with E-state index in [4.69, 9.17) is 3.07 Å². The summed E-state index contributed by atoms with van der Waals surface area (Å²) in [7, 11) is 0. The first kappa shape index (κ1) is 23.5. The third kappa shape index (κ3) is 12.0. The Hall–Kier alpha value is -0.511. The molecule has 2 nitrogen and oxygen atoms in total. The van der Waals surface area contributed by atoms with Gasteiger partial charge in [-0.05, 0) is 0 Å². The fraction of sp³-hybridized carbons (Fsp3) is 0.696. The molecule has 26 heavy (non-hydrogen) atoms. The molecule has 0 fully saturated rings. The van der Waals surface area contributed by atoms with Gasteiger partial charge in [0.1, 0.15) is 0 Å². The summed E-state index contributed by atoms with van der Waals surface area (Å²) in [6, 6.07) is 9.54. The molecule has 1 rings (SSSR count). The molecule has 0 N–H and O–H groups in total. The van der Waals surface area contributed by atoms with Gasteiger partial charge < -0.3 is 0 Å². The van der Waals surface area contributed by atoms with Crippen LogP contribution in [0, 0.1) is 0 Å². The van der Waals surface area contributed by atoms with E-state index in [2.05, 4.69) is 13.8 Å². The number of rotatable bonds is 16. The van der Waals surface area contributed by atoms with Crippen LogP contribution in [0.15, 0.2) is 30.3 Å². The summed E-state index contributed by atoms with van der Waals surface area (Å²) in [5.74, 6) is -0.0663. The second-order valence-corrected chi connectivity index (χ2v) is 15.0. The molecule has 0 aliphatic rings. The van der Waals surface area contributed by atoms with Crippen molar-refractivity contribution in [1.29, 1.82) is 0 Å². The summed E-state index contributed by atoms with van der Waals surface area (Å²) in [6.07, 6.45) is 15.9. The zero-order chi connectivity index (χ0) is 18.9. The van der Waals surface area contributed by atoms with E-state index < -0.39 is 20.2 Å². The van der Waals surface area contributed by atoms with Crippen molar-refractivity contribution in [2.24, 2.45) is 0 Å². The predicted octanol–water partition coefficient (Wildman–Crippen LogP) is 7.29. The van der Waals surface area contributed by atoms with E-state index >= 15 is 0 Å². The van der Waals surface area contributed by atoms with Crippen LogP contribution in [0.3, 0.4) is 0 Å². The summed E-state index contributed by atoms with van der Waals surface area (Å²) in [6.45, 7) is 4.52. The van der Waals surface area contributed by atoms with E-state index in [0.29, 0.717) is 0 Å². The molecule has 0 heterocycles. The van der Waals surface area contributed by atoms with E-state index in [0.717, 1.165) is 5.56 Å². The predicted molar refractivity (Wildman–Crippen MR) is 115 cm³/mol. The van der Waals surface area contributed by atoms with E-state index in [1.54, 1.807) is 0 Å². The Balaban J connectivity index is 2.35. The van der Waals surface area contributed by atoms with E-state index in [9.17, 15) is 4.79 Å². The van der Waals surface area contributed by atoms with Crippen LogP contribution in [-0.4, -0.2) is 26.1 Å². The fourth-order valence-electron chi connectivity index (χ4n) is 3.36. The number of carbonyl (C=O) groups excluding carboxylic acids is 1. The molecule has 0 bridgehead atoms. The van der Waals surface area contributed by atoms with Gasteiger partial charge in [0.25, 0.3) is 0 Å². The number of hydrogen-bond acceptors (Lipinski definition) is 2. The van der Waals surface area contributed by atoms with Gasteiger partial charge in [0.05, 0.1) is 0 Å². The fourth-order valence-corrected chi connectivity index (χ4v) is 10.4. The molecule has 0 saturated heterocycles. The van der Waals surface area contributed by atoms with Crippen LogP contribution in [-0.2, 0) is 3.07 Å². The van der Waals surface area contributed by atoms with Gasteiger partial charge in [0.15, 0.2) is 0 Å². The molecular formula is C23H40O2Sn. The van der Waals surface area contributed by atoms with Gasteiger partial charge in [-0.2, -0.15) is 0 Å². The van der Waals surface area contributed by atoms with Gasteiger partial charge in [-0.1, -0.05) is 0 Å². The average Bonchev–Trinajstić information content (AvgIpc) is 2.67. The van der Waals surface area contributed by atoms with Crippen molar-refractivity contribution in [2.45, 2.75) is 99.8 Å². The molecule has 0 aromatic heterocycles. The molecule has 1 aromatic carbocycles. The maximum absolute atomic E-state index is 12.4. The normalized spacial score (nSPS) is 11.0. The van der Waals surface area contributed by atoms with E-state index in [1.165, 1.54) is 85.9 Å². The third-order valence-corrected chi connectivity index (χ3v) is 12.6. The number of unbranched alkanes of at least 4 members (excludes halogenated alkanes) is 10. The molecule has 0 amide bonds. The molecule has 3 heteroatoms. The molecule has 0 unspecified atom stereocenters. The Labute approximate surface area is 169 Å². The van der Waals surface area contributed by atoms with Crippen LogP contribution < -0.4 is 0 Å². The summed E-state index contributed by atoms with van der Waals surface area (Å²) in [5, 5.41) is 0. The molecule has 0 spiro atoms. The molecular weight excluding hydrogens is 427 g/mol. The van der Waals surface area contributed by atoms with Gasteiger partial charge in [-0.15, -0.1) is 0 Å². The van der Waals surface area contributed by atoms with Gasteiger partial charge in [-0.3, -0.25) is 0 Å². The van der Waals surface area contributed by atoms with Crippen molar-refractivity contribution >= 4 is 26.1 Å². The van der Waals surface area contributed by atoms with Gasteiger partial charge >= 0.3 is 170 Å². The van der Waals surface area contributed by atoms with Crippen molar-refractivity contribution in [3.63, 3.8) is 0 Å². The number of hydrogen-bond donors (Lipinski definition) is 0. The standard InChI is InChI=1S/2C8H17.C7H6O2.Sn.H/c2*1-3-5-7-8-6-4-2;8-7(9)6-4-2-1-3-5-6;;/h2*1,3-8H2,2H3;1-5H,(H,8,9);;/q;;;+1;/p-1. The Kier molecular flexibility index (Phi) is 15.1. The van der Waals surface area contributed by atoms with Gasteiger partial charge in [0, 0.05) is 0 Å². The van der Waals surface area contributed by atoms with Crippen LogP contribution in [0.25, 0.3) is 0 Å². The second-order valence-electron chi connectivity index (χ2n) is 7.51. The van der Waals surface area contributed by atoms with Crippen LogP contribution in [0.5, 0.6) is 0 Å². The van der Waals surface area contributed by atoms with Crippen molar-refractivity contribution in [2.75, 3.05) is 0 Å². The van der Waals surface area contributed by atoms with Gasteiger partial charge in [-0.25, -0.2) is 0 Å².